The fraction of sp³-hybridized carbons (Fsp3) is 0.417. The molecule has 0 N–H and O–H groups in total. The van der Waals surface area contributed by atoms with E-state index in [-0.39, 0.29) is 17.7 Å². The van der Waals surface area contributed by atoms with Crippen molar-refractivity contribution in [2.45, 2.75) is 25.7 Å². The Morgan fingerprint density at radius 1 is 0.679 bits per heavy atom. The van der Waals surface area contributed by atoms with Crippen molar-refractivity contribution in [1.82, 2.24) is 9.80 Å². The highest BCUT2D eigenvalue weighted by molar-refractivity contribution is 6.01. The number of nitrogens with zero attached hydrogens (tertiary/aromatic N) is 2. The van der Waals surface area contributed by atoms with E-state index in [1.54, 1.807) is 0 Å². The zero-order valence-corrected chi connectivity index (χ0v) is 16.3. The predicted molar refractivity (Wildman–Crippen MR) is 110 cm³/mol. The van der Waals surface area contributed by atoms with Gasteiger partial charge in [-0.05, 0) is 42.7 Å². The van der Waals surface area contributed by atoms with E-state index >= 15 is 0 Å². The lowest BCUT2D eigenvalue weighted by molar-refractivity contribution is -0.157. The van der Waals surface area contributed by atoms with Crippen LogP contribution in [0.5, 0.6) is 0 Å². The van der Waals surface area contributed by atoms with Gasteiger partial charge >= 0.3 is 0 Å². The summed E-state index contributed by atoms with van der Waals surface area (Å²) in [4.78, 5) is 30.0. The van der Waals surface area contributed by atoms with Crippen molar-refractivity contribution in [2.24, 2.45) is 11.8 Å². The monoisotopic (exact) mass is 376 g/mol. The van der Waals surface area contributed by atoms with Gasteiger partial charge in [0.1, 0.15) is 5.92 Å². The summed E-state index contributed by atoms with van der Waals surface area (Å²) in [5, 5.41) is 0. The van der Waals surface area contributed by atoms with Crippen LogP contribution in [0.4, 0.5) is 0 Å². The van der Waals surface area contributed by atoms with Crippen LogP contribution in [0.15, 0.2) is 60.7 Å². The molecule has 0 aromatic heterocycles. The lowest BCUT2D eigenvalue weighted by Crippen LogP contribution is -2.56. The first-order valence-electron chi connectivity index (χ1n) is 10.4. The number of hydrogen-bond acceptors (Lipinski definition) is 2. The number of piperidine rings is 2. The summed E-state index contributed by atoms with van der Waals surface area (Å²) in [7, 11) is 0. The molecule has 4 heteroatoms. The van der Waals surface area contributed by atoms with Gasteiger partial charge in [0.05, 0.1) is 0 Å². The maximum absolute atomic E-state index is 13.1. The van der Waals surface area contributed by atoms with Gasteiger partial charge < -0.3 is 9.80 Å². The summed E-state index contributed by atoms with van der Waals surface area (Å²) in [6, 6.07) is 20.5. The van der Waals surface area contributed by atoms with Crippen LogP contribution < -0.4 is 0 Å². The second-order valence-corrected chi connectivity index (χ2v) is 7.94. The second kappa shape index (κ2) is 8.59. The number of carbonyl (C=O) groups excluding carboxylic acids is 2. The third-order valence-electron chi connectivity index (χ3n) is 6.19. The molecule has 2 aliphatic rings. The Hall–Kier alpha value is -2.62. The van der Waals surface area contributed by atoms with Gasteiger partial charge in [-0.15, -0.1) is 0 Å². The van der Waals surface area contributed by atoms with E-state index in [4.69, 9.17) is 0 Å². The number of amides is 2. The molecule has 2 amide bonds. The van der Waals surface area contributed by atoms with E-state index in [2.05, 4.69) is 24.3 Å². The first-order valence-corrected chi connectivity index (χ1v) is 10.4. The third kappa shape index (κ3) is 4.11. The lowest BCUT2D eigenvalue weighted by atomic mass is 9.78. The predicted octanol–water partition coefficient (Wildman–Crippen LogP) is 3.17. The molecule has 0 spiro atoms. The van der Waals surface area contributed by atoms with Gasteiger partial charge in [-0.2, -0.15) is 0 Å². The molecule has 0 saturated carbocycles. The van der Waals surface area contributed by atoms with Gasteiger partial charge in [0.15, 0.2) is 0 Å². The Morgan fingerprint density at radius 2 is 1.11 bits per heavy atom. The molecule has 2 saturated heterocycles. The van der Waals surface area contributed by atoms with E-state index in [0.29, 0.717) is 13.1 Å². The summed E-state index contributed by atoms with van der Waals surface area (Å²) in [5.74, 6) is -0.154. The quantitative estimate of drug-likeness (QED) is 0.727. The fourth-order valence-corrected chi connectivity index (χ4v) is 4.51. The summed E-state index contributed by atoms with van der Waals surface area (Å²) in [5.41, 5.74) is 2.47. The van der Waals surface area contributed by atoms with Crippen molar-refractivity contribution < 1.29 is 9.59 Å². The van der Waals surface area contributed by atoms with Gasteiger partial charge in [-0.3, -0.25) is 9.59 Å². The molecule has 2 heterocycles. The number of carbonyl (C=O) groups is 2. The Labute approximate surface area is 167 Å². The molecule has 0 bridgehead atoms. The molecule has 2 fully saturated rings. The van der Waals surface area contributed by atoms with Crippen molar-refractivity contribution in [3.8, 4) is 0 Å². The number of likely N-dealkylation sites (tertiary alicyclic amines) is 2. The molecule has 4 nitrogen and oxygen atoms in total. The Morgan fingerprint density at radius 3 is 1.54 bits per heavy atom. The molecule has 28 heavy (non-hydrogen) atoms. The number of benzene rings is 2. The summed E-state index contributed by atoms with van der Waals surface area (Å²) >= 11 is 0. The third-order valence-corrected chi connectivity index (χ3v) is 6.19. The minimum absolute atomic E-state index is 0.0431. The molecule has 0 radical (unpaired) electrons. The van der Waals surface area contributed by atoms with Crippen LogP contribution in [0.2, 0.25) is 0 Å². The van der Waals surface area contributed by atoms with Crippen molar-refractivity contribution in [1.29, 1.82) is 0 Å². The maximum Gasteiger partial charge on any atom is 0.235 e. The van der Waals surface area contributed by atoms with Crippen LogP contribution in [-0.4, -0.2) is 47.8 Å². The van der Waals surface area contributed by atoms with Gasteiger partial charge in [0, 0.05) is 26.2 Å². The van der Waals surface area contributed by atoms with E-state index in [1.807, 2.05) is 46.2 Å². The Bertz CT molecular complexity index is 738. The number of fused-ring (bicyclic) bond motifs is 1. The molecule has 2 aliphatic heterocycles. The average Bonchev–Trinajstić information content (AvgIpc) is 2.74. The van der Waals surface area contributed by atoms with E-state index in [0.717, 1.165) is 38.8 Å². The van der Waals surface area contributed by atoms with Crippen LogP contribution in [0.25, 0.3) is 0 Å². The number of hydrogen-bond donors (Lipinski definition) is 0. The molecule has 146 valence electrons. The fourth-order valence-electron chi connectivity index (χ4n) is 4.51. The summed E-state index contributed by atoms with van der Waals surface area (Å²) in [6.07, 6.45) is 3.58. The van der Waals surface area contributed by atoms with Crippen molar-refractivity contribution in [3.05, 3.63) is 71.8 Å². The van der Waals surface area contributed by atoms with Gasteiger partial charge in [0.2, 0.25) is 11.8 Å². The smallest absolute Gasteiger partial charge is 0.235 e. The number of rotatable bonds is 6. The molecule has 4 rings (SSSR count). The molecule has 0 unspecified atom stereocenters. The Kier molecular flexibility index (Phi) is 5.75. The minimum atomic E-state index is -0.464. The molecule has 0 aliphatic carbocycles. The van der Waals surface area contributed by atoms with Crippen LogP contribution in [-0.2, 0) is 22.4 Å². The van der Waals surface area contributed by atoms with Gasteiger partial charge in [-0.1, -0.05) is 60.7 Å². The highest BCUT2D eigenvalue weighted by Crippen LogP contribution is 2.33. The highest BCUT2D eigenvalue weighted by Gasteiger charge is 2.45. The minimum Gasteiger partial charge on any atom is -0.342 e. The normalized spacial score (nSPS) is 22.3. The largest absolute Gasteiger partial charge is 0.342 e. The summed E-state index contributed by atoms with van der Waals surface area (Å²) in [6.45, 7) is 2.96. The van der Waals surface area contributed by atoms with Crippen LogP contribution >= 0.6 is 0 Å². The van der Waals surface area contributed by atoms with Gasteiger partial charge in [0.25, 0.3) is 0 Å². The SMILES string of the molecule is O=C1C2C(=O)N(CCc3ccccc3)CCC2CCN1CCc1ccccc1. The second-order valence-electron chi connectivity index (χ2n) is 7.94. The van der Waals surface area contributed by atoms with Crippen LogP contribution in [0.1, 0.15) is 24.0 Å². The van der Waals surface area contributed by atoms with Crippen molar-refractivity contribution in [3.63, 3.8) is 0 Å². The highest BCUT2D eigenvalue weighted by atomic mass is 16.2. The van der Waals surface area contributed by atoms with E-state index in [9.17, 15) is 9.59 Å². The van der Waals surface area contributed by atoms with Crippen LogP contribution in [0, 0.1) is 11.8 Å². The van der Waals surface area contributed by atoms with Crippen molar-refractivity contribution in [2.75, 3.05) is 26.2 Å². The zero-order chi connectivity index (χ0) is 19.3. The molecular weight excluding hydrogens is 348 g/mol. The van der Waals surface area contributed by atoms with Crippen molar-refractivity contribution >= 4 is 11.8 Å². The molecule has 2 aromatic carbocycles. The van der Waals surface area contributed by atoms with Crippen LogP contribution in [0.3, 0.4) is 0 Å². The zero-order valence-electron chi connectivity index (χ0n) is 16.3. The molecular formula is C24H28N2O2. The first-order chi connectivity index (χ1) is 13.7. The van der Waals surface area contributed by atoms with E-state index < -0.39 is 5.92 Å². The van der Waals surface area contributed by atoms with E-state index in [1.165, 1.54) is 11.1 Å². The standard InChI is InChI=1S/C24H28N2O2/c27-23-22-21(13-17-25(23)15-11-19-7-3-1-4-8-19)14-18-26(24(22)28)16-12-20-9-5-2-6-10-20/h1-10,21-22H,11-18H2. The lowest BCUT2D eigenvalue weighted by Gasteiger charge is -2.43. The summed E-state index contributed by atoms with van der Waals surface area (Å²) < 4.78 is 0. The Balaban J connectivity index is 1.37. The molecule has 2 aromatic rings. The van der Waals surface area contributed by atoms with Gasteiger partial charge in [-0.25, -0.2) is 0 Å². The maximum atomic E-state index is 13.1. The molecule has 0 atom stereocenters. The topological polar surface area (TPSA) is 40.6 Å². The first kappa shape index (κ1) is 18.7. The average molecular weight is 377 g/mol.